The molecule has 0 aliphatic rings. The molecule has 1 aromatic carbocycles. The molecular weight excluding hydrogens is 299 g/mol. The highest BCUT2D eigenvalue weighted by Crippen LogP contribution is 2.18. The lowest BCUT2D eigenvalue weighted by Crippen LogP contribution is -2.38. The molecule has 0 radical (unpaired) electrons. The largest absolute Gasteiger partial charge is 0.478 e. The fourth-order valence-corrected chi connectivity index (χ4v) is 1.43. The average molecular weight is 308 g/mol. The number of hydrogen-bond donors (Lipinski definition) is 2. The summed E-state index contributed by atoms with van der Waals surface area (Å²) >= 11 is 5.80. The van der Waals surface area contributed by atoms with Gasteiger partial charge in [0.2, 0.25) is 0 Å². The molecule has 20 heavy (non-hydrogen) atoms. The molecule has 0 atom stereocenters. The predicted octanol–water partition coefficient (Wildman–Crippen LogP) is 2.49. The van der Waals surface area contributed by atoms with Gasteiger partial charge in [-0.1, -0.05) is 29.8 Å². The normalized spacial score (nSPS) is 12.1. The number of carboxylic acids is 1. The Morgan fingerprint density at radius 2 is 1.90 bits per heavy atom. The molecule has 108 valence electrons. The molecular formula is C12H9ClF3NO3. The third-order valence-electron chi connectivity index (χ3n) is 2.21. The Kier molecular flexibility index (Phi) is 5.15. The first-order chi connectivity index (χ1) is 9.21. The van der Waals surface area contributed by atoms with Gasteiger partial charge < -0.3 is 10.4 Å². The molecule has 0 fully saturated rings. The van der Waals surface area contributed by atoms with E-state index in [1.165, 1.54) is 17.4 Å². The highest BCUT2D eigenvalue weighted by atomic mass is 35.5. The van der Waals surface area contributed by atoms with Crippen LogP contribution in [0.5, 0.6) is 0 Å². The number of carbonyl (C=O) groups excluding carboxylic acids is 1. The molecule has 1 rings (SSSR count). The maximum atomic E-state index is 12.0. The van der Waals surface area contributed by atoms with Crippen LogP contribution in [-0.2, 0) is 9.59 Å². The van der Waals surface area contributed by atoms with Gasteiger partial charge in [0.05, 0.1) is 12.1 Å². The summed E-state index contributed by atoms with van der Waals surface area (Å²) in [5.41, 5.74) is -0.0940. The standard InChI is InChI=1S/C12H9ClF3NO3/c13-9-4-2-1-3-7(9)5-8(10(18)19)6-17-11(20)12(14,15)16/h1-5H,6H2,(H,17,20)(H,18,19). The molecule has 0 saturated heterocycles. The second kappa shape index (κ2) is 6.42. The van der Waals surface area contributed by atoms with Crippen LogP contribution in [0.1, 0.15) is 5.56 Å². The average Bonchev–Trinajstić information content (AvgIpc) is 2.34. The van der Waals surface area contributed by atoms with Crippen LogP contribution in [-0.4, -0.2) is 29.7 Å². The van der Waals surface area contributed by atoms with E-state index in [1.807, 2.05) is 0 Å². The second-order valence-electron chi connectivity index (χ2n) is 3.68. The van der Waals surface area contributed by atoms with Crippen LogP contribution < -0.4 is 5.32 Å². The Morgan fingerprint density at radius 3 is 2.40 bits per heavy atom. The van der Waals surface area contributed by atoms with E-state index in [0.29, 0.717) is 5.56 Å². The summed E-state index contributed by atoms with van der Waals surface area (Å²) in [6.45, 7) is -0.765. The Bertz CT molecular complexity index is 555. The number of carbonyl (C=O) groups is 2. The molecule has 0 saturated carbocycles. The number of aliphatic carboxylic acids is 1. The first-order valence-electron chi connectivity index (χ1n) is 5.25. The quantitative estimate of drug-likeness (QED) is 0.840. The topological polar surface area (TPSA) is 66.4 Å². The molecule has 1 aromatic rings. The van der Waals surface area contributed by atoms with Crippen LogP contribution in [0.2, 0.25) is 5.02 Å². The Hall–Kier alpha value is -2.02. The van der Waals surface area contributed by atoms with Crippen molar-refractivity contribution in [3.05, 3.63) is 40.4 Å². The van der Waals surface area contributed by atoms with Crippen LogP contribution in [0.4, 0.5) is 13.2 Å². The summed E-state index contributed by atoms with van der Waals surface area (Å²) in [5.74, 6) is -3.66. The number of alkyl halides is 3. The van der Waals surface area contributed by atoms with E-state index in [1.54, 1.807) is 12.1 Å². The highest BCUT2D eigenvalue weighted by Gasteiger charge is 2.38. The fraction of sp³-hybridized carbons (Fsp3) is 0.167. The van der Waals surface area contributed by atoms with Gasteiger partial charge in [-0.05, 0) is 17.7 Å². The van der Waals surface area contributed by atoms with E-state index in [2.05, 4.69) is 0 Å². The Morgan fingerprint density at radius 1 is 1.30 bits per heavy atom. The number of nitrogens with one attached hydrogen (secondary N) is 1. The number of benzene rings is 1. The third kappa shape index (κ3) is 4.58. The third-order valence-corrected chi connectivity index (χ3v) is 2.55. The Balaban J connectivity index is 2.89. The van der Waals surface area contributed by atoms with Crippen molar-refractivity contribution in [2.24, 2.45) is 0 Å². The molecule has 2 N–H and O–H groups in total. The van der Waals surface area contributed by atoms with Gasteiger partial charge in [0, 0.05) is 5.02 Å². The molecule has 0 aliphatic heterocycles. The SMILES string of the molecule is O=C(O)C(=Cc1ccccc1Cl)CNC(=O)C(F)(F)F. The van der Waals surface area contributed by atoms with Crippen LogP contribution in [0, 0.1) is 0 Å². The summed E-state index contributed by atoms with van der Waals surface area (Å²) in [6.07, 6.45) is -3.96. The van der Waals surface area contributed by atoms with Gasteiger partial charge in [-0.3, -0.25) is 4.79 Å². The van der Waals surface area contributed by atoms with Gasteiger partial charge in [0.1, 0.15) is 0 Å². The predicted molar refractivity (Wildman–Crippen MR) is 66.1 cm³/mol. The minimum Gasteiger partial charge on any atom is -0.478 e. The molecule has 0 aromatic heterocycles. The zero-order valence-electron chi connectivity index (χ0n) is 9.87. The zero-order valence-corrected chi connectivity index (χ0v) is 10.6. The Labute approximate surface area is 116 Å². The van der Waals surface area contributed by atoms with Crippen molar-refractivity contribution in [2.75, 3.05) is 6.54 Å². The van der Waals surface area contributed by atoms with E-state index in [0.717, 1.165) is 6.08 Å². The number of halogens is 4. The van der Waals surface area contributed by atoms with E-state index in [4.69, 9.17) is 16.7 Å². The number of amides is 1. The summed E-state index contributed by atoms with van der Waals surface area (Å²) in [7, 11) is 0. The number of carboxylic acid groups (broad SMARTS) is 1. The summed E-state index contributed by atoms with van der Waals surface area (Å²) in [5, 5.41) is 10.6. The number of rotatable bonds is 4. The lowest BCUT2D eigenvalue weighted by Gasteiger charge is -2.08. The molecule has 0 aliphatic carbocycles. The van der Waals surface area contributed by atoms with Gasteiger partial charge >= 0.3 is 18.1 Å². The van der Waals surface area contributed by atoms with Crippen LogP contribution in [0.15, 0.2) is 29.8 Å². The van der Waals surface area contributed by atoms with Crippen molar-refractivity contribution in [1.29, 1.82) is 0 Å². The minimum atomic E-state index is -5.06. The maximum Gasteiger partial charge on any atom is 0.471 e. The van der Waals surface area contributed by atoms with Crippen LogP contribution in [0.3, 0.4) is 0 Å². The number of hydrogen-bond acceptors (Lipinski definition) is 2. The summed E-state index contributed by atoms with van der Waals surface area (Å²) < 4.78 is 36.0. The van der Waals surface area contributed by atoms with E-state index >= 15 is 0 Å². The van der Waals surface area contributed by atoms with E-state index < -0.39 is 30.2 Å². The molecule has 8 heteroatoms. The van der Waals surface area contributed by atoms with Gasteiger partial charge in [-0.25, -0.2) is 4.79 Å². The molecule has 1 amide bonds. The van der Waals surface area contributed by atoms with E-state index in [-0.39, 0.29) is 5.02 Å². The zero-order chi connectivity index (χ0) is 15.3. The molecule has 0 spiro atoms. The van der Waals surface area contributed by atoms with E-state index in [9.17, 15) is 22.8 Å². The summed E-state index contributed by atoms with van der Waals surface area (Å²) in [4.78, 5) is 21.6. The minimum absolute atomic E-state index is 0.244. The molecule has 4 nitrogen and oxygen atoms in total. The monoisotopic (exact) mass is 307 g/mol. The van der Waals surface area contributed by atoms with Crippen LogP contribution >= 0.6 is 11.6 Å². The smallest absolute Gasteiger partial charge is 0.471 e. The van der Waals surface area contributed by atoms with Crippen molar-refractivity contribution < 1.29 is 27.9 Å². The van der Waals surface area contributed by atoms with Crippen molar-refractivity contribution in [3.8, 4) is 0 Å². The van der Waals surface area contributed by atoms with Gasteiger partial charge in [0.25, 0.3) is 0 Å². The highest BCUT2D eigenvalue weighted by molar-refractivity contribution is 6.32. The second-order valence-corrected chi connectivity index (χ2v) is 4.08. The summed E-state index contributed by atoms with van der Waals surface area (Å²) in [6, 6.07) is 6.20. The molecule has 0 bridgehead atoms. The van der Waals surface area contributed by atoms with Gasteiger partial charge in [-0.2, -0.15) is 13.2 Å². The lowest BCUT2D eigenvalue weighted by atomic mass is 10.1. The van der Waals surface area contributed by atoms with Crippen molar-refractivity contribution >= 4 is 29.6 Å². The van der Waals surface area contributed by atoms with Crippen LogP contribution in [0.25, 0.3) is 6.08 Å². The van der Waals surface area contributed by atoms with Crippen molar-refractivity contribution in [1.82, 2.24) is 5.32 Å². The molecule has 0 unspecified atom stereocenters. The first-order valence-corrected chi connectivity index (χ1v) is 5.63. The van der Waals surface area contributed by atoms with Crippen molar-refractivity contribution in [2.45, 2.75) is 6.18 Å². The first kappa shape index (κ1) is 16.0. The molecule has 0 heterocycles. The van der Waals surface area contributed by atoms with Gasteiger partial charge in [0.15, 0.2) is 0 Å². The lowest BCUT2D eigenvalue weighted by molar-refractivity contribution is -0.173. The maximum absolute atomic E-state index is 12.0. The van der Waals surface area contributed by atoms with Gasteiger partial charge in [-0.15, -0.1) is 0 Å². The van der Waals surface area contributed by atoms with Crippen molar-refractivity contribution in [3.63, 3.8) is 0 Å². The fourth-order valence-electron chi connectivity index (χ4n) is 1.24.